The van der Waals surface area contributed by atoms with Crippen molar-refractivity contribution in [1.82, 2.24) is 0 Å². The number of rotatable bonds is 3. The molecule has 1 rings (SSSR count). The van der Waals surface area contributed by atoms with Crippen LogP contribution in [-0.4, -0.2) is 17.6 Å². The molecule has 0 aromatic heterocycles. The first-order chi connectivity index (χ1) is 5.70. The highest BCUT2D eigenvalue weighted by atomic mass is 16.3. The van der Waals surface area contributed by atoms with Crippen molar-refractivity contribution in [2.24, 2.45) is 5.73 Å². The van der Waals surface area contributed by atoms with E-state index in [4.69, 9.17) is 5.73 Å². The van der Waals surface area contributed by atoms with Crippen LogP contribution in [0.2, 0.25) is 0 Å². The number of phenolic OH excluding ortho intramolecular Hbond substituents is 1. The number of hydrogen-bond donors (Lipinski definition) is 3. The Kier molecular flexibility index (Phi) is 2.53. The smallest absolute Gasteiger partial charge is 0.236 e. The molecule has 0 radical (unpaired) electrons. The van der Waals surface area contributed by atoms with Gasteiger partial charge in [-0.1, -0.05) is 12.1 Å². The highest BCUT2D eigenvalue weighted by molar-refractivity contribution is 5.79. The van der Waals surface area contributed by atoms with E-state index in [9.17, 15) is 9.90 Å². The number of para-hydroxylation sites is 2. The fourth-order valence-electron chi connectivity index (χ4n) is 0.805. The molecule has 0 saturated heterocycles. The average molecular weight is 166 g/mol. The molecular formula is C8H10N2O2. The minimum Gasteiger partial charge on any atom is -0.506 e. The topological polar surface area (TPSA) is 75.4 Å². The van der Waals surface area contributed by atoms with Crippen molar-refractivity contribution in [3.05, 3.63) is 24.3 Å². The molecule has 4 nitrogen and oxygen atoms in total. The highest BCUT2D eigenvalue weighted by Gasteiger charge is 1.98. The first-order valence-electron chi connectivity index (χ1n) is 3.50. The molecule has 0 saturated carbocycles. The number of carbonyl (C=O) groups is 1. The van der Waals surface area contributed by atoms with Crippen molar-refractivity contribution < 1.29 is 9.90 Å². The van der Waals surface area contributed by atoms with E-state index in [2.05, 4.69) is 5.32 Å². The van der Waals surface area contributed by atoms with Crippen LogP contribution in [-0.2, 0) is 4.79 Å². The maximum absolute atomic E-state index is 10.4. The molecule has 0 fully saturated rings. The Morgan fingerprint density at radius 3 is 2.75 bits per heavy atom. The molecular weight excluding hydrogens is 156 g/mol. The van der Waals surface area contributed by atoms with Gasteiger partial charge in [0.15, 0.2) is 0 Å². The summed E-state index contributed by atoms with van der Waals surface area (Å²) in [5, 5.41) is 11.9. The van der Waals surface area contributed by atoms with Crippen molar-refractivity contribution in [3.8, 4) is 5.75 Å². The van der Waals surface area contributed by atoms with Gasteiger partial charge in [0.1, 0.15) is 5.75 Å². The van der Waals surface area contributed by atoms with Crippen molar-refractivity contribution in [3.63, 3.8) is 0 Å². The number of primary amides is 1. The minimum atomic E-state index is -0.460. The van der Waals surface area contributed by atoms with Crippen LogP contribution in [0, 0.1) is 0 Å². The summed E-state index contributed by atoms with van der Waals surface area (Å²) in [5.74, 6) is -0.350. The fourth-order valence-corrected chi connectivity index (χ4v) is 0.805. The summed E-state index contributed by atoms with van der Waals surface area (Å²) in [6.45, 7) is 0.0254. The summed E-state index contributed by atoms with van der Waals surface area (Å²) >= 11 is 0. The van der Waals surface area contributed by atoms with Gasteiger partial charge in [-0.2, -0.15) is 0 Å². The maximum Gasteiger partial charge on any atom is 0.236 e. The van der Waals surface area contributed by atoms with E-state index in [1.165, 1.54) is 6.07 Å². The standard InChI is InChI=1S/C8H10N2O2/c9-8(12)5-10-6-3-1-2-4-7(6)11/h1-4,10-11H,5H2,(H2,9,12). The van der Waals surface area contributed by atoms with Crippen LogP contribution in [0.3, 0.4) is 0 Å². The molecule has 0 spiro atoms. The highest BCUT2D eigenvalue weighted by Crippen LogP contribution is 2.20. The van der Waals surface area contributed by atoms with Gasteiger partial charge in [-0.05, 0) is 12.1 Å². The van der Waals surface area contributed by atoms with E-state index >= 15 is 0 Å². The summed E-state index contributed by atoms with van der Waals surface area (Å²) in [6.07, 6.45) is 0. The lowest BCUT2D eigenvalue weighted by atomic mass is 10.3. The summed E-state index contributed by atoms with van der Waals surface area (Å²) in [5.41, 5.74) is 5.42. The third kappa shape index (κ3) is 2.16. The monoisotopic (exact) mass is 166 g/mol. The molecule has 1 amide bonds. The van der Waals surface area contributed by atoms with Crippen LogP contribution in [0.15, 0.2) is 24.3 Å². The van der Waals surface area contributed by atoms with E-state index in [0.717, 1.165) is 0 Å². The van der Waals surface area contributed by atoms with Crippen LogP contribution in [0.5, 0.6) is 5.75 Å². The molecule has 0 aliphatic rings. The zero-order chi connectivity index (χ0) is 8.97. The molecule has 0 atom stereocenters. The number of phenols is 1. The molecule has 1 aromatic carbocycles. The molecule has 4 heteroatoms. The molecule has 1 aromatic rings. The lowest BCUT2D eigenvalue weighted by Crippen LogP contribution is -2.21. The Hall–Kier alpha value is -1.71. The quantitative estimate of drug-likeness (QED) is 0.565. The third-order valence-corrected chi connectivity index (χ3v) is 1.36. The first kappa shape index (κ1) is 8.39. The lowest BCUT2D eigenvalue weighted by molar-refractivity contribution is -0.116. The SMILES string of the molecule is NC(=O)CNc1ccccc1O. The maximum atomic E-state index is 10.4. The van der Waals surface area contributed by atoms with Crippen LogP contribution in [0.1, 0.15) is 0 Å². The van der Waals surface area contributed by atoms with Gasteiger partial charge in [0, 0.05) is 0 Å². The summed E-state index contributed by atoms with van der Waals surface area (Å²) in [7, 11) is 0. The van der Waals surface area contributed by atoms with Gasteiger partial charge in [-0.3, -0.25) is 4.79 Å². The number of anilines is 1. The predicted octanol–water partition coefficient (Wildman–Crippen LogP) is 0.289. The Balaban J connectivity index is 2.63. The van der Waals surface area contributed by atoms with Crippen LogP contribution >= 0.6 is 0 Å². The van der Waals surface area contributed by atoms with E-state index in [1.54, 1.807) is 18.2 Å². The largest absolute Gasteiger partial charge is 0.506 e. The van der Waals surface area contributed by atoms with Gasteiger partial charge in [-0.25, -0.2) is 0 Å². The van der Waals surface area contributed by atoms with E-state index in [-0.39, 0.29) is 12.3 Å². The van der Waals surface area contributed by atoms with Gasteiger partial charge in [-0.15, -0.1) is 0 Å². The number of nitrogens with two attached hydrogens (primary N) is 1. The van der Waals surface area contributed by atoms with Crippen LogP contribution in [0.4, 0.5) is 5.69 Å². The normalized spacial score (nSPS) is 9.33. The number of hydrogen-bond acceptors (Lipinski definition) is 3. The zero-order valence-electron chi connectivity index (χ0n) is 6.45. The second-order valence-corrected chi connectivity index (χ2v) is 2.34. The lowest BCUT2D eigenvalue weighted by Gasteiger charge is -2.04. The molecule has 0 aliphatic heterocycles. The molecule has 0 bridgehead atoms. The number of aromatic hydroxyl groups is 1. The molecule has 0 heterocycles. The Morgan fingerprint density at radius 1 is 1.50 bits per heavy atom. The summed E-state index contributed by atoms with van der Waals surface area (Å²) in [4.78, 5) is 10.4. The Morgan fingerprint density at radius 2 is 2.17 bits per heavy atom. The van der Waals surface area contributed by atoms with Crippen molar-refractivity contribution in [1.29, 1.82) is 0 Å². The first-order valence-corrected chi connectivity index (χ1v) is 3.50. The Labute approximate surface area is 70.0 Å². The number of benzene rings is 1. The van der Waals surface area contributed by atoms with Crippen molar-refractivity contribution in [2.75, 3.05) is 11.9 Å². The summed E-state index contributed by atoms with van der Waals surface area (Å²) in [6, 6.07) is 6.65. The van der Waals surface area contributed by atoms with Gasteiger partial charge in [0.05, 0.1) is 12.2 Å². The summed E-state index contributed by atoms with van der Waals surface area (Å²) < 4.78 is 0. The van der Waals surface area contributed by atoms with Crippen LogP contribution < -0.4 is 11.1 Å². The predicted molar refractivity (Wildman–Crippen MR) is 45.8 cm³/mol. The van der Waals surface area contributed by atoms with E-state index in [0.29, 0.717) is 5.69 Å². The van der Waals surface area contributed by atoms with Crippen LogP contribution in [0.25, 0.3) is 0 Å². The molecule has 12 heavy (non-hydrogen) atoms. The average Bonchev–Trinajstić information content (AvgIpc) is 2.03. The van der Waals surface area contributed by atoms with Crippen molar-refractivity contribution >= 4 is 11.6 Å². The van der Waals surface area contributed by atoms with Gasteiger partial charge in [0.25, 0.3) is 0 Å². The van der Waals surface area contributed by atoms with Crippen molar-refractivity contribution in [2.45, 2.75) is 0 Å². The second kappa shape index (κ2) is 3.61. The van der Waals surface area contributed by atoms with Gasteiger partial charge >= 0.3 is 0 Å². The Bertz CT molecular complexity index is 286. The number of amides is 1. The van der Waals surface area contributed by atoms with Gasteiger partial charge in [0.2, 0.25) is 5.91 Å². The minimum absolute atomic E-state index is 0.0254. The molecule has 4 N–H and O–H groups in total. The van der Waals surface area contributed by atoms with E-state index in [1.807, 2.05) is 0 Å². The fraction of sp³-hybridized carbons (Fsp3) is 0.125. The van der Waals surface area contributed by atoms with E-state index < -0.39 is 5.91 Å². The molecule has 64 valence electrons. The number of carbonyl (C=O) groups excluding carboxylic acids is 1. The molecule has 0 unspecified atom stereocenters. The second-order valence-electron chi connectivity index (χ2n) is 2.34. The number of nitrogens with one attached hydrogen (secondary N) is 1. The zero-order valence-corrected chi connectivity index (χ0v) is 6.45. The third-order valence-electron chi connectivity index (χ3n) is 1.36. The van der Waals surface area contributed by atoms with Gasteiger partial charge < -0.3 is 16.2 Å². The molecule has 0 aliphatic carbocycles.